The van der Waals surface area contributed by atoms with Crippen molar-refractivity contribution in [2.75, 3.05) is 0 Å². The summed E-state index contributed by atoms with van der Waals surface area (Å²) in [5.74, 6) is 0. The number of thiocarbonyl (C=S) groups is 3. The van der Waals surface area contributed by atoms with Crippen molar-refractivity contribution in [1.29, 1.82) is 0 Å². The predicted octanol–water partition coefficient (Wildman–Crippen LogP) is 0.0899. The SMILES string of the molecule is C=C[CH2][Sn+3].NC(=S)[S-].NC(=S)[S-].NC(=S)[S-]. The van der Waals surface area contributed by atoms with Gasteiger partial charge in [-0.15, -0.1) is 0 Å². The number of allylic oxidation sites excluding steroid dienone is 1. The summed E-state index contributed by atoms with van der Waals surface area (Å²) in [6, 6.07) is 0. The molecule has 0 aromatic rings. The second-order valence-electron chi connectivity index (χ2n) is 1.45. The summed E-state index contributed by atoms with van der Waals surface area (Å²) >= 11 is 26.3. The van der Waals surface area contributed by atoms with Gasteiger partial charge in [-0.05, 0) is 0 Å². The van der Waals surface area contributed by atoms with Crippen LogP contribution < -0.4 is 17.2 Å². The van der Waals surface area contributed by atoms with Crippen LogP contribution in [0.4, 0.5) is 0 Å². The summed E-state index contributed by atoms with van der Waals surface area (Å²) in [7, 11) is 0. The third kappa shape index (κ3) is 819. The van der Waals surface area contributed by atoms with E-state index in [0.29, 0.717) is 0 Å². The molecule has 3 nitrogen and oxygen atoms in total. The van der Waals surface area contributed by atoms with E-state index in [1.807, 2.05) is 6.08 Å². The van der Waals surface area contributed by atoms with Crippen LogP contribution in [0.1, 0.15) is 0 Å². The first-order valence-corrected chi connectivity index (χ1v) is 7.73. The second-order valence-corrected chi connectivity index (χ2v) is 6.03. The molecule has 0 bridgehead atoms. The van der Waals surface area contributed by atoms with Crippen LogP contribution in [-0.4, -0.2) is 35.5 Å². The fourth-order valence-corrected chi connectivity index (χ4v) is 0. The van der Waals surface area contributed by atoms with Crippen molar-refractivity contribution >= 4 is 110 Å². The Morgan fingerprint density at radius 3 is 1.06 bits per heavy atom. The van der Waals surface area contributed by atoms with E-state index >= 15 is 0 Å². The van der Waals surface area contributed by atoms with Crippen LogP contribution in [0.15, 0.2) is 12.7 Å². The van der Waals surface area contributed by atoms with E-state index in [0.717, 1.165) is 0 Å². The van der Waals surface area contributed by atoms with Crippen molar-refractivity contribution in [2.45, 2.75) is 4.44 Å². The molecule has 0 aliphatic heterocycles. The van der Waals surface area contributed by atoms with Crippen molar-refractivity contribution < 1.29 is 0 Å². The van der Waals surface area contributed by atoms with Crippen LogP contribution in [0.2, 0.25) is 4.44 Å². The molecule has 0 atom stereocenters. The van der Waals surface area contributed by atoms with E-state index in [9.17, 15) is 0 Å². The molecule has 90 valence electrons. The van der Waals surface area contributed by atoms with Gasteiger partial charge in [-0.3, -0.25) is 0 Å². The first-order chi connectivity index (χ1) is 7.11. The van der Waals surface area contributed by atoms with Crippen LogP contribution in [-0.2, 0) is 37.9 Å². The van der Waals surface area contributed by atoms with Gasteiger partial charge in [-0.1, -0.05) is 13.0 Å². The summed E-state index contributed by atoms with van der Waals surface area (Å²) in [6.07, 6.45) is 1.92. The minimum absolute atomic E-state index is 0.0833. The molecular weight excluding hydrogens is 425 g/mol. The molecule has 0 unspecified atom stereocenters. The topological polar surface area (TPSA) is 78.1 Å². The van der Waals surface area contributed by atoms with Gasteiger partial charge in [-0.25, -0.2) is 0 Å². The van der Waals surface area contributed by atoms with Gasteiger partial charge in [0.25, 0.3) is 0 Å². The van der Waals surface area contributed by atoms with Crippen LogP contribution >= 0.6 is 36.7 Å². The van der Waals surface area contributed by atoms with Gasteiger partial charge in [0.1, 0.15) is 0 Å². The second kappa shape index (κ2) is 24.9. The maximum absolute atomic E-state index is 4.66. The van der Waals surface area contributed by atoms with Gasteiger partial charge in [0.15, 0.2) is 0 Å². The fourth-order valence-electron chi connectivity index (χ4n) is 0. The molecule has 16 heavy (non-hydrogen) atoms. The molecule has 0 saturated heterocycles. The quantitative estimate of drug-likeness (QED) is 0.230. The zero-order chi connectivity index (χ0) is 14.1. The number of hydrogen-bond acceptors (Lipinski definition) is 6. The first kappa shape index (κ1) is 25.7. The number of nitrogens with two attached hydrogens (primary N) is 3. The molecule has 0 aromatic heterocycles. The minimum atomic E-state index is 0.0833. The molecule has 0 aliphatic carbocycles. The molecule has 10 heteroatoms. The smallest absolute Gasteiger partial charge is 0.0708 e. The van der Waals surface area contributed by atoms with Gasteiger partial charge in [-0.2, -0.15) is 0 Å². The van der Waals surface area contributed by atoms with Crippen LogP contribution in [0.25, 0.3) is 0 Å². The molecule has 0 saturated carbocycles. The Bertz CT molecular complexity index is 170. The zero-order valence-electron chi connectivity index (χ0n) is 8.17. The minimum Gasteiger partial charge on any atom is -0.415 e. The van der Waals surface area contributed by atoms with Gasteiger partial charge in [0, 0.05) is 0 Å². The largest absolute Gasteiger partial charge is 0.415 e. The Hall–Kier alpha value is 0.869. The number of rotatable bonds is 1. The molecule has 0 amide bonds. The van der Waals surface area contributed by atoms with Crippen molar-refractivity contribution in [1.82, 2.24) is 0 Å². The molecule has 0 spiro atoms. The van der Waals surface area contributed by atoms with Crippen molar-refractivity contribution in [3.05, 3.63) is 12.7 Å². The Morgan fingerprint density at radius 2 is 1.06 bits per heavy atom. The summed E-state index contributed by atoms with van der Waals surface area (Å²) in [4.78, 5) is 0. The third-order valence-corrected chi connectivity index (χ3v) is 0.968. The molecule has 0 aromatic carbocycles. The van der Waals surface area contributed by atoms with Gasteiger partial charge >= 0.3 is 39.6 Å². The molecule has 0 heterocycles. The predicted molar refractivity (Wildman–Crippen MR) is 93.2 cm³/mol. The van der Waals surface area contributed by atoms with E-state index in [-0.39, 0.29) is 13.0 Å². The Labute approximate surface area is 143 Å². The van der Waals surface area contributed by atoms with E-state index < -0.39 is 0 Å². The average Bonchev–Trinajstić information content (AvgIpc) is 2.00. The summed E-state index contributed by atoms with van der Waals surface area (Å²) < 4.78 is 1.42. The summed E-state index contributed by atoms with van der Waals surface area (Å²) in [5.41, 5.74) is 14.0. The Kier molecular flexibility index (Phi) is 39.9. The Morgan fingerprint density at radius 1 is 1.00 bits per heavy atom. The van der Waals surface area contributed by atoms with Crippen molar-refractivity contribution in [2.24, 2.45) is 17.2 Å². The molecular formula is C6H11N3S6Sn. The normalized spacial score (nSPS) is 6.12. The van der Waals surface area contributed by atoms with E-state index in [2.05, 4.69) is 98.3 Å². The van der Waals surface area contributed by atoms with E-state index in [4.69, 9.17) is 0 Å². The number of hydrogen-bond donors (Lipinski definition) is 3. The molecule has 0 aliphatic rings. The van der Waals surface area contributed by atoms with E-state index in [1.54, 1.807) is 22.5 Å². The third-order valence-electron chi connectivity index (χ3n) is 0.144. The molecule has 6 N–H and O–H groups in total. The standard InChI is InChI=1S/C3H5.3CH3NS2.Sn/c1-3-2;3*2-1(3)4;/h3H,1-2H2;3*(H3,2,3,4);/q;;;;+3/p-3. The molecule has 0 rings (SSSR count). The van der Waals surface area contributed by atoms with Gasteiger partial charge in [0.2, 0.25) is 0 Å². The van der Waals surface area contributed by atoms with Gasteiger partial charge in [0.05, 0.1) is 0 Å². The van der Waals surface area contributed by atoms with Gasteiger partial charge < -0.3 is 91.7 Å². The average molecular weight is 436 g/mol. The summed E-state index contributed by atoms with van der Waals surface area (Å²) in [5, 5.41) is 0. The van der Waals surface area contributed by atoms with Crippen LogP contribution in [0.3, 0.4) is 0 Å². The maximum atomic E-state index is 4.66. The fraction of sp³-hybridized carbons (Fsp3) is 0.167. The van der Waals surface area contributed by atoms with Crippen LogP contribution in [0, 0.1) is 0 Å². The summed E-state index contributed by atoms with van der Waals surface area (Å²) in [6.45, 7) is 3.50. The van der Waals surface area contributed by atoms with E-state index in [1.165, 1.54) is 4.44 Å². The Balaban J connectivity index is -0.0000000600. The van der Waals surface area contributed by atoms with Crippen molar-refractivity contribution in [3.8, 4) is 0 Å². The first-order valence-electron chi connectivity index (χ1n) is 3.26. The van der Waals surface area contributed by atoms with Crippen molar-refractivity contribution in [3.63, 3.8) is 0 Å². The van der Waals surface area contributed by atoms with Crippen LogP contribution in [0.5, 0.6) is 0 Å². The molecule has 0 fully saturated rings. The maximum Gasteiger partial charge on any atom is -0.0708 e. The molecule has 0 radical (unpaired) electrons. The zero-order valence-corrected chi connectivity index (χ0v) is 15.9. The monoisotopic (exact) mass is 437 g/mol.